The van der Waals surface area contributed by atoms with E-state index in [0.717, 1.165) is 6.07 Å². The fraction of sp³-hybridized carbons (Fsp3) is 0.111. The second-order valence-electron chi connectivity index (χ2n) is 3.02. The minimum Gasteiger partial charge on any atom is -0.276 e. The predicted octanol–water partition coefficient (Wildman–Crippen LogP) is 2.86. The van der Waals surface area contributed by atoms with Crippen molar-refractivity contribution in [3.8, 4) is 6.07 Å². The van der Waals surface area contributed by atoms with E-state index in [9.17, 15) is 28.1 Å². The van der Waals surface area contributed by atoms with Gasteiger partial charge in [0.15, 0.2) is 0 Å². The highest BCUT2D eigenvalue weighted by Crippen LogP contribution is 2.40. The number of alkyl halides is 3. The number of hydrogen-bond donors (Lipinski definition) is 0. The molecule has 0 saturated heterocycles. The maximum atomic E-state index is 12.7. The van der Waals surface area contributed by atoms with Crippen LogP contribution in [0.25, 0.3) is 0 Å². The molecule has 0 aliphatic rings. The summed E-state index contributed by atoms with van der Waals surface area (Å²) in [6.45, 7) is 0. The smallest absolute Gasteiger partial charge is 0.276 e. The molecule has 0 radical (unpaired) electrons. The predicted molar refractivity (Wildman–Crippen MR) is 53.0 cm³/mol. The van der Waals surface area contributed by atoms with Crippen molar-refractivity contribution in [1.29, 1.82) is 5.26 Å². The number of carbonyl (C=O) groups excluding carboxylic acids is 1. The molecule has 0 unspecified atom stereocenters. The van der Waals surface area contributed by atoms with E-state index in [4.69, 9.17) is 16.9 Å². The van der Waals surface area contributed by atoms with E-state index in [2.05, 4.69) is 0 Å². The van der Waals surface area contributed by atoms with Gasteiger partial charge >= 0.3 is 6.18 Å². The third-order valence-electron chi connectivity index (χ3n) is 1.98. The van der Waals surface area contributed by atoms with E-state index < -0.39 is 38.7 Å². The van der Waals surface area contributed by atoms with Crippen LogP contribution in [0.4, 0.5) is 18.9 Å². The molecule has 0 bridgehead atoms. The van der Waals surface area contributed by atoms with Gasteiger partial charge in [-0.1, -0.05) is 0 Å². The summed E-state index contributed by atoms with van der Waals surface area (Å²) in [6, 6.07) is 2.63. The summed E-state index contributed by atoms with van der Waals surface area (Å²) in [5, 5.41) is 17.7. The first-order chi connectivity index (χ1) is 8.20. The van der Waals surface area contributed by atoms with E-state index in [0.29, 0.717) is 6.07 Å². The Morgan fingerprint density at radius 2 is 2.00 bits per heavy atom. The second kappa shape index (κ2) is 4.62. The van der Waals surface area contributed by atoms with Crippen molar-refractivity contribution in [2.24, 2.45) is 0 Å². The van der Waals surface area contributed by atoms with Gasteiger partial charge in [0.25, 0.3) is 10.9 Å². The normalized spacial score (nSPS) is 10.8. The summed E-state index contributed by atoms with van der Waals surface area (Å²) in [6.07, 6.45) is -5.17. The SMILES string of the molecule is N#Cc1ccc(C(=O)Cl)c(C(F)(F)F)c1[N+](=O)[O-]. The number of carbonyl (C=O) groups is 1. The topological polar surface area (TPSA) is 84.0 Å². The number of rotatable bonds is 2. The molecule has 1 aromatic rings. The van der Waals surface area contributed by atoms with Gasteiger partial charge in [-0.25, -0.2) is 0 Å². The third-order valence-corrected chi connectivity index (χ3v) is 2.18. The zero-order valence-electron chi connectivity index (χ0n) is 8.29. The molecule has 9 heteroatoms. The quantitative estimate of drug-likeness (QED) is 0.473. The molecule has 5 nitrogen and oxygen atoms in total. The minimum atomic E-state index is -5.17. The zero-order valence-corrected chi connectivity index (χ0v) is 9.04. The summed E-state index contributed by atoms with van der Waals surface area (Å²) < 4.78 is 38.2. The van der Waals surface area contributed by atoms with Gasteiger partial charge in [-0.05, 0) is 23.7 Å². The Bertz CT molecular complexity index is 578. The van der Waals surface area contributed by atoms with Crippen LogP contribution in [-0.4, -0.2) is 10.2 Å². The fourth-order valence-electron chi connectivity index (χ4n) is 1.32. The van der Waals surface area contributed by atoms with Crippen molar-refractivity contribution < 1.29 is 22.9 Å². The molecule has 0 aromatic heterocycles. The Labute approximate surface area is 103 Å². The van der Waals surface area contributed by atoms with Gasteiger partial charge in [0.2, 0.25) is 0 Å². The maximum absolute atomic E-state index is 12.7. The van der Waals surface area contributed by atoms with E-state index in [1.54, 1.807) is 0 Å². The van der Waals surface area contributed by atoms with Crippen LogP contribution in [0, 0.1) is 21.4 Å². The Hall–Kier alpha value is -2.14. The highest BCUT2D eigenvalue weighted by Gasteiger charge is 2.43. The first-order valence-electron chi connectivity index (χ1n) is 4.18. The lowest BCUT2D eigenvalue weighted by atomic mass is 10.0. The van der Waals surface area contributed by atoms with Crippen molar-refractivity contribution in [1.82, 2.24) is 0 Å². The molecule has 1 rings (SSSR count). The van der Waals surface area contributed by atoms with Crippen molar-refractivity contribution in [3.63, 3.8) is 0 Å². The number of hydrogen-bond acceptors (Lipinski definition) is 4. The van der Waals surface area contributed by atoms with Crippen LogP contribution < -0.4 is 0 Å². The summed E-state index contributed by atoms with van der Waals surface area (Å²) in [7, 11) is 0. The van der Waals surface area contributed by atoms with Gasteiger partial charge in [-0.2, -0.15) is 18.4 Å². The van der Waals surface area contributed by atoms with Crippen LogP contribution in [0.3, 0.4) is 0 Å². The van der Waals surface area contributed by atoms with Crippen LogP contribution in [0.15, 0.2) is 12.1 Å². The maximum Gasteiger partial charge on any atom is 0.423 e. The molecule has 0 aliphatic heterocycles. The molecule has 18 heavy (non-hydrogen) atoms. The first-order valence-corrected chi connectivity index (χ1v) is 4.56. The first kappa shape index (κ1) is 13.9. The van der Waals surface area contributed by atoms with E-state index >= 15 is 0 Å². The number of nitro benzene ring substituents is 1. The molecule has 0 heterocycles. The average Bonchev–Trinajstić information content (AvgIpc) is 2.25. The minimum absolute atomic E-state index is 0.629. The Morgan fingerprint density at radius 3 is 2.33 bits per heavy atom. The Kier molecular flexibility index (Phi) is 3.57. The van der Waals surface area contributed by atoms with Gasteiger partial charge in [-0.3, -0.25) is 14.9 Å². The van der Waals surface area contributed by atoms with Gasteiger partial charge in [0, 0.05) is 0 Å². The number of halogens is 4. The molecule has 0 aliphatic carbocycles. The van der Waals surface area contributed by atoms with Gasteiger partial charge in [0.05, 0.1) is 10.5 Å². The van der Waals surface area contributed by atoms with Crippen LogP contribution in [0.5, 0.6) is 0 Å². The van der Waals surface area contributed by atoms with Crippen molar-refractivity contribution in [3.05, 3.63) is 38.9 Å². The monoisotopic (exact) mass is 278 g/mol. The van der Waals surface area contributed by atoms with Crippen molar-refractivity contribution in [2.45, 2.75) is 6.18 Å². The van der Waals surface area contributed by atoms with E-state index in [1.807, 2.05) is 0 Å². The fourth-order valence-corrected chi connectivity index (χ4v) is 1.48. The van der Waals surface area contributed by atoms with Gasteiger partial charge < -0.3 is 0 Å². The Morgan fingerprint density at radius 1 is 1.44 bits per heavy atom. The summed E-state index contributed by atoms with van der Waals surface area (Å²) in [5.41, 5.74) is -5.15. The number of benzene rings is 1. The summed E-state index contributed by atoms with van der Waals surface area (Å²) >= 11 is 4.94. The largest absolute Gasteiger partial charge is 0.423 e. The highest BCUT2D eigenvalue weighted by molar-refractivity contribution is 6.68. The standard InChI is InChI=1S/C9H2ClF3N2O3/c10-8(16)5-2-1-4(3-14)7(15(17)18)6(5)9(11,12)13/h1-2H. The molecule has 0 atom stereocenters. The molecule has 0 amide bonds. The van der Waals surface area contributed by atoms with Crippen molar-refractivity contribution >= 4 is 22.5 Å². The number of nitro groups is 1. The van der Waals surface area contributed by atoms with E-state index in [1.165, 1.54) is 6.07 Å². The molecular formula is C9H2ClF3N2O3. The lowest BCUT2D eigenvalue weighted by molar-refractivity contribution is -0.388. The highest BCUT2D eigenvalue weighted by atomic mass is 35.5. The lowest BCUT2D eigenvalue weighted by Crippen LogP contribution is -2.15. The molecule has 0 N–H and O–H groups in total. The van der Waals surface area contributed by atoms with E-state index in [-0.39, 0.29) is 0 Å². The summed E-state index contributed by atoms with van der Waals surface area (Å²) in [4.78, 5) is 20.1. The molecule has 1 aromatic carbocycles. The third kappa shape index (κ3) is 2.41. The van der Waals surface area contributed by atoms with Gasteiger partial charge in [-0.15, -0.1) is 0 Å². The van der Waals surface area contributed by atoms with Crippen LogP contribution >= 0.6 is 11.6 Å². The molecular weight excluding hydrogens is 277 g/mol. The average molecular weight is 279 g/mol. The van der Waals surface area contributed by atoms with Crippen LogP contribution in [-0.2, 0) is 6.18 Å². The molecule has 0 fully saturated rings. The Balaban J connectivity index is 3.85. The zero-order chi connectivity index (χ0) is 14.1. The van der Waals surface area contributed by atoms with Gasteiger partial charge in [0.1, 0.15) is 17.2 Å². The number of nitrogens with zero attached hydrogens (tertiary/aromatic N) is 2. The van der Waals surface area contributed by atoms with Crippen molar-refractivity contribution in [2.75, 3.05) is 0 Å². The second-order valence-corrected chi connectivity index (χ2v) is 3.37. The summed E-state index contributed by atoms with van der Waals surface area (Å²) in [5.74, 6) is 0. The number of nitriles is 1. The van der Waals surface area contributed by atoms with Crippen LogP contribution in [0.2, 0.25) is 0 Å². The molecule has 0 saturated carbocycles. The lowest BCUT2D eigenvalue weighted by Gasteiger charge is -2.11. The molecule has 0 spiro atoms. The molecule has 94 valence electrons. The van der Waals surface area contributed by atoms with Crippen LogP contribution in [0.1, 0.15) is 21.5 Å².